The van der Waals surface area contributed by atoms with Gasteiger partial charge >= 0.3 is 0 Å². The first-order valence-corrected chi connectivity index (χ1v) is 9.66. The molecule has 0 saturated heterocycles. The molecule has 0 bridgehead atoms. The molecule has 1 heterocycles. The maximum absolute atomic E-state index is 12.6. The second-order valence-electron chi connectivity index (χ2n) is 7.01. The van der Waals surface area contributed by atoms with Crippen LogP contribution < -0.4 is 15.4 Å². The van der Waals surface area contributed by atoms with Gasteiger partial charge in [0.1, 0.15) is 5.75 Å². The van der Waals surface area contributed by atoms with Crippen molar-refractivity contribution < 1.29 is 14.3 Å². The molecule has 0 fully saturated rings. The lowest BCUT2D eigenvalue weighted by Crippen LogP contribution is -2.36. The molecule has 0 aromatic heterocycles. The van der Waals surface area contributed by atoms with Crippen LogP contribution in [-0.2, 0) is 11.2 Å². The Bertz CT molecular complexity index is 1240. The number of hydrogen-bond acceptors (Lipinski definition) is 5. The number of fused-ring (bicyclic) bond motifs is 1. The zero-order valence-electron chi connectivity index (χ0n) is 16.8. The Morgan fingerprint density at radius 2 is 1.74 bits per heavy atom. The van der Waals surface area contributed by atoms with Crippen molar-refractivity contribution in [1.29, 1.82) is 5.26 Å². The highest BCUT2D eigenvalue weighted by atomic mass is 16.5. The highest BCUT2D eigenvalue weighted by Gasteiger charge is 2.27. The molecule has 0 atom stereocenters. The molecule has 0 saturated carbocycles. The average Bonchev–Trinajstić information content (AvgIpc) is 2.80. The molecule has 0 radical (unpaired) electrons. The normalized spacial score (nSPS) is 13.9. The van der Waals surface area contributed by atoms with E-state index in [-0.39, 0.29) is 0 Å². The lowest BCUT2D eigenvalue weighted by atomic mass is 9.91. The van der Waals surface area contributed by atoms with E-state index in [9.17, 15) is 9.59 Å². The number of nitrogens with one attached hydrogen (secondary N) is 2. The van der Waals surface area contributed by atoms with Gasteiger partial charge in [-0.15, -0.1) is 0 Å². The van der Waals surface area contributed by atoms with Crippen molar-refractivity contribution in [3.63, 3.8) is 0 Å². The largest absolute Gasteiger partial charge is 0.497 e. The molecular formula is C25H19N3O3. The number of carbonyl (C=O) groups is 2. The van der Waals surface area contributed by atoms with Crippen LogP contribution in [0.2, 0.25) is 0 Å². The van der Waals surface area contributed by atoms with Crippen molar-refractivity contribution >= 4 is 23.1 Å². The number of nitrogens with zero attached hydrogens (tertiary/aromatic N) is 1. The van der Waals surface area contributed by atoms with Crippen molar-refractivity contribution in [2.24, 2.45) is 0 Å². The Kier molecular flexibility index (Phi) is 5.50. The fourth-order valence-corrected chi connectivity index (χ4v) is 3.42. The van der Waals surface area contributed by atoms with Crippen molar-refractivity contribution in [3.05, 3.63) is 89.6 Å². The minimum absolute atomic E-state index is 0.340. The van der Waals surface area contributed by atoms with E-state index in [0.29, 0.717) is 23.1 Å². The van der Waals surface area contributed by atoms with Gasteiger partial charge in [-0.1, -0.05) is 30.3 Å². The standard InChI is InChI=1S/C25H19N3O3/c1-31-20-4-2-3-17(13-20)18-7-10-21-22(14-18)23(25(30)28-24(21)29)15-27-19-8-5-16(6-9-19)11-12-26/h2-10,13-15,27H,11H2,1H3,(H,28,29,30). The van der Waals surface area contributed by atoms with E-state index >= 15 is 0 Å². The van der Waals surface area contributed by atoms with Gasteiger partial charge in [-0.3, -0.25) is 14.9 Å². The third-order valence-corrected chi connectivity index (χ3v) is 5.05. The van der Waals surface area contributed by atoms with Gasteiger partial charge in [-0.05, 0) is 53.1 Å². The molecule has 2 N–H and O–H groups in total. The Morgan fingerprint density at radius 1 is 0.968 bits per heavy atom. The molecule has 6 heteroatoms. The van der Waals surface area contributed by atoms with E-state index in [1.165, 1.54) is 0 Å². The number of amides is 2. The first-order chi connectivity index (χ1) is 15.1. The van der Waals surface area contributed by atoms with Gasteiger partial charge in [-0.2, -0.15) is 5.26 Å². The molecular weight excluding hydrogens is 390 g/mol. The summed E-state index contributed by atoms with van der Waals surface area (Å²) in [5.74, 6) is -0.162. The van der Waals surface area contributed by atoms with Gasteiger partial charge in [0.15, 0.2) is 0 Å². The lowest BCUT2D eigenvalue weighted by Gasteiger charge is -2.19. The van der Waals surface area contributed by atoms with Crippen molar-refractivity contribution in [2.45, 2.75) is 6.42 Å². The number of nitriles is 1. The van der Waals surface area contributed by atoms with Gasteiger partial charge in [0.25, 0.3) is 11.8 Å². The van der Waals surface area contributed by atoms with Crippen molar-refractivity contribution in [3.8, 4) is 22.9 Å². The lowest BCUT2D eigenvalue weighted by molar-refractivity contribution is -0.114. The molecule has 1 aliphatic heterocycles. The fraction of sp³-hybridized carbons (Fsp3) is 0.0800. The number of anilines is 1. The summed E-state index contributed by atoms with van der Waals surface area (Å²) in [6, 6.07) is 22.5. The molecule has 3 aromatic carbocycles. The highest BCUT2D eigenvalue weighted by molar-refractivity contribution is 6.31. The summed E-state index contributed by atoms with van der Waals surface area (Å²) in [5.41, 5.74) is 4.82. The first-order valence-electron chi connectivity index (χ1n) is 9.66. The van der Waals surface area contributed by atoms with Crippen LogP contribution >= 0.6 is 0 Å². The molecule has 0 unspecified atom stereocenters. The van der Waals surface area contributed by atoms with E-state index in [0.717, 1.165) is 28.1 Å². The summed E-state index contributed by atoms with van der Waals surface area (Å²) >= 11 is 0. The monoisotopic (exact) mass is 409 g/mol. The second kappa shape index (κ2) is 8.56. The topological polar surface area (TPSA) is 91.2 Å². The predicted octanol–water partition coefficient (Wildman–Crippen LogP) is 4.15. The Balaban J connectivity index is 1.70. The van der Waals surface area contributed by atoms with Gasteiger partial charge in [0.2, 0.25) is 0 Å². The van der Waals surface area contributed by atoms with Gasteiger partial charge in [0, 0.05) is 23.0 Å². The Hall–Kier alpha value is -4.37. The molecule has 3 aromatic rings. The minimum atomic E-state index is -0.464. The van der Waals surface area contributed by atoms with E-state index in [2.05, 4.69) is 16.7 Å². The maximum atomic E-state index is 12.6. The summed E-state index contributed by atoms with van der Waals surface area (Å²) < 4.78 is 5.30. The number of ether oxygens (including phenoxy) is 1. The van der Waals surface area contributed by atoms with E-state index in [4.69, 9.17) is 10.00 Å². The SMILES string of the molecule is COc1cccc(-c2ccc3c(c2)C(=CNc2ccc(CC#N)cc2)C(=O)NC3=O)c1. The van der Waals surface area contributed by atoms with Gasteiger partial charge < -0.3 is 10.1 Å². The molecule has 1 aliphatic rings. The quantitative estimate of drug-likeness (QED) is 0.488. The smallest absolute Gasteiger partial charge is 0.260 e. The third kappa shape index (κ3) is 4.16. The van der Waals surface area contributed by atoms with Gasteiger partial charge in [0.05, 0.1) is 25.2 Å². The molecule has 0 aliphatic carbocycles. The number of carbonyl (C=O) groups excluding carboxylic acids is 2. The fourth-order valence-electron chi connectivity index (χ4n) is 3.42. The summed E-state index contributed by atoms with van der Waals surface area (Å²) in [6.07, 6.45) is 1.93. The van der Waals surface area contributed by atoms with E-state index < -0.39 is 11.8 Å². The number of hydrogen-bond donors (Lipinski definition) is 2. The molecule has 4 rings (SSSR count). The summed E-state index contributed by atoms with van der Waals surface area (Å²) in [7, 11) is 1.61. The molecule has 31 heavy (non-hydrogen) atoms. The third-order valence-electron chi connectivity index (χ3n) is 5.05. The number of rotatable bonds is 5. The van der Waals surface area contributed by atoms with Crippen LogP contribution in [-0.4, -0.2) is 18.9 Å². The highest BCUT2D eigenvalue weighted by Crippen LogP contribution is 2.31. The Morgan fingerprint density at radius 3 is 2.48 bits per heavy atom. The van der Waals surface area contributed by atoms with Crippen LogP contribution in [0, 0.1) is 11.3 Å². The van der Waals surface area contributed by atoms with Crippen LogP contribution in [0.3, 0.4) is 0 Å². The summed E-state index contributed by atoms with van der Waals surface area (Å²) in [4.78, 5) is 24.9. The van der Waals surface area contributed by atoms with Crippen LogP contribution in [0.4, 0.5) is 5.69 Å². The molecule has 0 spiro atoms. The van der Waals surface area contributed by atoms with Crippen LogP contribution in [0.1, 0.15) is 21.5 Å². The first kappa shape index (κ1) is 19.9. The number of imide groups is 1. The number of benzene rings is 3. The van der Waals surface area contributed by atoms with Crippen molar-refractivity contribution in [1.82, 2.24) is 5.32 Å². The molecule has 6 nitrogen and oxygen atoms in total. The molecule has 2 amide bonds. The van der Waals surface area contributed by atoms with Crippen LogP contribution in [0.25, 0.3) is 16.7 Å². The molecule has 152 valence electrons. The summed E-state index contributed by atoms with van der Waals surface area (Å²) in [6.45, 7) is 0. The summed E-state index contributed by atoms with van der Waals surface area (Å²) in [5, 5.41) is 14.3. The van der Waals surface area contributed by atoms with Crippen molar-refractivity contribution in [2.75, 3.05) is 12.4 Å². The van der Waals surface area contributed by atoms with E-state index in [1.54, 1.807) is 19.4 Å². The van der Waals surface area contributed by atoms with Gasteiger partial charge in [-0.25, -0.2) is 0 Å². The second-order valence-corrected chi connectivity index (χ2v) is 7.01. The maximum Gasteiger partial charge on any atom is 0.260 e. The zero-order valence-corrected chi connectivity index (χ0v) is 16.8. The zero-order chi connectivity index (χ0) is 21.8. The minimum Gasteiger partial charge on any atom is -0.497 e. The Labute approximate surface area is 179 Å². The van der Waals surface area contributed by atoms with Crippen LogP contribution in [0.15, 0.2) is 72.9 Å². The van der Waals surface area contributed by atoms with Crippen LogP contribution in [0.5, 0.6) is 5.75 Å². The number of methoxy groups -OCH3 is 1. The predicted molar refractivity (Wildman–Crippen MR) is 118 cm³/mol. The average molecular weight is 409 g/mol. The van der Waals surface area contributed by atoms with E-state index in [1.807, 2.05) is 60.7 Å².